The summed E-state index contributed by atoms with van der Waals surface area (Å²) in [5.41, 5.74) is 1.97. The summed E-state index contributed by atoms with van der Waals surface area (Å²) in [5.74, 6) is 0. The van der Waals surface area contributed by atoms with E-state index in [0.717, 1.165) is 44.0 Å². The van der Waals surface area contributed by atoms with Gasteiger partial charge in [-0.3, -0.25) is 0 Å². The highest BCUT2D eigenvalue weighted by molar-refractivity contribution is 5.48. The van der Waals surface area contributed by atoms with Crippen LogP contribution >= 0.6 is 0 Å². The van der Waals surface area contributed by atoms with Gasteiger partial charge in [-0.15, -0.1) is 0 Å². The minimum atomic E-state index is 0.684. The van der Waals surface area contributed by atoms with Crippen molar-refractivity contribution in [2.45, 2.75) is 38.5 Å². The van der Waals surface area contributed by atoms with Crippen molar-refractivity contribution in [2.75, 3.05) is 0 Å². The fraction of sp³-hybridized carbons (Fsp3) is 0.429. The lowest BCUT2D eigenvalue weighted by molar-refractivity contribution is -0.107. The minimum Gasteiger partial charge on any atom is -0.303 e. The molecule has 16 heavy (non-hydrogen) atoms. The van der Waals surface area contributed by atoms with Crippen molar-refractivity contribution in [2.24, 2.45) is 0 Å². The highest BCUT2D eigenvalue weighted by Gasteiger charge is 1.96. The molecule has 0 radical (unpaired) electrons. The molecule has 0 aliphatic carbocycles. The summed E-state index contributed by atoms with van der Waals surface area (Å²) in [7, 11) is 0. The van der Waals surface area contributed by atoms with Crippen LogP contribution in [-0.4, -0.2) is 6.29 Å². The standard InChI is InChI=1S/C14H17NO/c15-12-14-9-6-8-13(11-14)7-4-2-1-3-5-10-16/h6,8-11H,1-5,7H2. The first kappa shape index (κ1) is 12.4. The summed E-state index contributed by atoms with van der Waals surface area (Å²) in [5, 5.41) is 8.75. The van der Waals surface area contributed by atoms with Gasteiger partial charge in [-0.25, -0.2) is 0 Å². The molecule has 2 heteroatoms. The van der Waals surface area contributed by atoms with E-state index in [2.05, 4.69) is 12.1 Å². The maximum Gasteiger partial charge on any atom is 0.119 e. The van der Waals surface area contributed by atoms with Gasteiger partial charge in [0.2, 0.25) is 0 Å². The van der Waals surface area contributed by atoms with Crippen molar-refractivity contribution in [3.8, 4) is 6.07 Å². The van der Waals surface area contributed by atoms with E-state index in [1.165, 1.54) is 5.56 Å². The summed E-state index contributed by atoms with van der Waals surface area (Å²) in [6.07, 6.45) is 7.10. The Morgan fingerprint density at radius 3 is 2.75 bits per heavy atom. The molecule has 0 aromatic heterocycles. The average Bonchev–Trinajstić information content (AvgIpc) is 2.34. The first-order valence-electron chi connectivity index (χ1n) is 5.79. The number of nitriles is 1. The molecule has 0 saturated heterocycles. The van der Waals surface area contributed by atoms with Gasteiger partial charge in [0, 0.05) is 6.42 Å². The number of carbonyl (C=O) groups is 1. The summed E-state index contributed by atoms with van der Waals surface area (Å²) >= 11 is 0. The SMILES string of the molecule is N#Cc1cccc(CCCCCCC=O)c1. The molecule has 0 heterocycles. The van der Waals surface area contributed by atoms with Crippen molar-refractivity contribution in [3.05, 3.63) is 35.4 Å². The lowest BCUT2D eigenvalue weighted by Gasteiger charge is -2.01. The topological polar surface area (TPSA) is 40.9 Å². The highest BCUT2D eigenvalue weighted by atomic mass is 16.1. The van der Waals surface area contributed by atoms with E-state index in [1.54, 1.807) is 0 Å². The summed E-state index contributed by atoms with van der Waals surface area (Å²) in [6.45, 7) is 0. The van der Waals surface area contributed by atoms with Crippen LogP contribution in [0.1, 0.15) is 43.2 Å². The van der Waals surface area contributed by atoms with Crippen LogP contribution in [0.2, 0.25) is 0 Å². The molecule has 0 N–H and O–H groups in total. The number of carbonyl (C=O) groups excluding carboxylic acids is 1. The van der Waals surface area contributed by atoms with Crippen LogP contribution in [-0.2, 0) is 11.2 Å². The zero-order valence-corrected chi connectivity index (χ0v) is 9.48. The lowest BCUT2D eigenvalue weighted by atomic mass is 10.0. The zero-order chi connectivity index (χ0) is 11.6. The van der Waals surface area contributed by atoms with E-state index in [1.807, 2.05) is 18.2 Å². The minimum absolute atomic E-state index is 0.684. The van der Waals surface area contributed by atoms with Crippen molar-refractivity contribution in [1.82, 2.24) is 0 Å². The van der Waals surface area contributed by atoms with Crippen LogP contribution in [0.3, 0.4) is 0 Å². The van der Waals surface area contributed by atoms with Gasteiger partial charge in [-0.2, -0.15) is 5.26 Å². The van der Waals surface area contributed by atoms with Crippen LogP contribution in [0.15, 0.2) is 24.3 Å². The van der Waals surface area contributed by atoms with Crippen LogP contribution in [0.5, 0.6) is 0 Å². The Kier molecular flexibility index (Phi) is 5.95. The van der Waals surface area contributed by atoms with E-state index < -0.39 is 0 Å². The second-order valence-corrected chi connectivity index (χ2v) is 3.93. The molecule has 1 rings (SSSR count). The number of hydrogen-bond donors (Lipinski definition) is 0. The first-order valence-corrected chi connectivity index (χ1v) is 5.79. The number of aldehydes is 1. The van der Waals surface area contributed by atoms with Gasteiger partial charge < -0.3 is 4.79 Å². The number of aryl methyl sites for hydroxylation is 1. The second kappa shape index (κ2) is 7.64. The van der Waals surface area contributed by atoms with Gasteiger partial charge in [0.15, 0.2) is 0 Å². The Morgan fingerprint density at radius 1 is 1.19 bits per heavy atom. The van der Waals surface area contributed by atoms with Crippen LogP contribution in [0.25, 0.3) is 0 Å². The Balaban J connectivity index is 2.21. The predicted octanol–water partition coefficient (Wildman–Crippen LogP) is 3.25. The summed E-state index contributed by atoms with van der Waals surface area (Å²) in [6, 6.07) is 9.92. The van der Waals surface area contributed by atoms with E-state index >= 15 is 0 Å². The molecular weight excluding hydrogens is 198 g/mol. The lowest BCUT2D eigenvalue weighted by Crippen LogP contribution is -1.87. The molecule has 1 aromatic carbocycles. The number of unbranched alkanes of at least 4 members (excludes halogenated alkanes) is 4. The van der Waals surface area contributed by atoms with Crippen molar-refractivity contribution >= 4 is 6.29 Å². The van der Waals surface area contributed by atoms with Gasteiger partial charge >= 0.3 is 0 Å². The summed E-state index contributed by atoms with van der Waals surface area (Å²) in [4.78, 5) is 10.1. The number of hydrogen-bond acceptors (Lipinski definition) is 2. The molecule has 0 bridgehead atoms. The molecule has 84 valence electrons. The van der Waals surface area contributed by atoms with Crippen molar-refractivity contribution < 1.29 is 4.79 Å². The molecular formula is C14H17NO. The molecule has 1 aromatic rings. The number of nitrogens with zero attached hydrogens (tertiary/aromatic N) is 1. The maximum atomic E-state index is 10.1. The molecule has 0 saturated carbocycles. The van der Waals surface area contributed by atoms with Crippen molar-refractivity contribution in [1.29, 1.82) is 5.26 Å². The van der Waals surface area contributed by atoms with E-state index in [4.69, 9.17) is 5.26 Å². The molecule has 2 nitrogen and oxygen atoms in total. The van der Waals surface area contributed by atoms with Gasteiger partial charge in [-0.1, -0.05) is 25.0 Å². The molecule has 0 aliphatic heterocycles. The Bertz CT molecular complexity index is 365. The third kappa shape index (κ3) is 4.75. The smallest absolute Gasteiger partial charge is 0.119 e. The van der Waals surface area contributed by atoms with Crippen molar-refractivity contribution in [3.63, 3.8) is 0 Å². The normalized spacial score (nSPS) is 9.69. The molecule has 0 atom stereocenters. The average molecular weight is 215 g/mol. The Hall–Kier alpha value is -1.62. The van der Waals surface area contributed by atoms with E-state index in [-0.39, 0.29) is 0 Å². The predicted molar refractivity (Wildman–Crippen MR) is 64.0 cm³/mol. The molecule has 0 aliphatic rings. The molecule has 0 spiro atoms. The molecule has 0 unspecified atom stereocenters. The third-order valence-corrected chi connectivity index (χ3v) is 2.59. The number of benzene rings is 1. The van der Waals surface area contributed by atoms with Crippen LogP contribution < -0.4 is 0 Å². The Morgan fingerprint density at radius 2 is 2.00 bits per heavy atom. The highest BCUT2D eigenvalue weighted by Crippen LogP contribution is 2.10. The first-order chi connectivity index (χ1) is 7.86. The monoisotopic (exact) mass is 215 g/mol. The quantitative estimate of drug-likeness (QED) is 0.517. The van der Waals surface area contributed by atoms with Gasteiger partial charge in [0.25, 0.3) is 0 Å². The van der Waals surface area contributed by atoms with E-state index in [0.29, 0.717) is 6.42 Å². The zero-order valence-electron chi connectivity index (χ0n) is 9.48. The Labute approximate surface area is 96.9 Å². The second-order valence-electron chi connectivity index (χ2n) is 3.93. The van der Waals surface area contributed by atoms with Crippen LogP contribution in [0.4, 0.5) is 0 Å². The van der Waals surface area contributed by atoms with E-state index in [9.17, 15) is 4.79 Å². The largest absolute Gasteiger partial charge is 0.303 e. The number of rotatable bonds is 7. The fourth-order valence-corrected chi connectivity index (χ4v) is 1.71. The van der Waals surface area contributed by atoms with Gasteiger partial charge in [0.1, 0.15) is 6.29 Å². The summed E-state index contributed by atoms with van der Waals surface area (Å²) < 4.78 is 0. The molecule has 0 amide bonds. The molecule has 0 fully saturated rings. The maximum absolute atomic E-state index is 10.1. The van der Waals surface area contributed by atoms with Gasteiger partial charge in [-0.05, 0) is 37.0 Å². The van der Waals surface area contributed by atoms with Gasteiger partial charge in [0.05, 0.1) is 11.6 Å². The fourth-order valence-electron chi connectivity index (χ4n) is 1.71. The van der Waals surface area contributed by atoms with Crippen LogP contribution in [0, 0.1) is 11.3 Å². The third-order valence-electron chi connectivity index (χ3n) is 2.59.